The van der Waals surface area contributed by atoms with E-state index in [0.29, 0.717) is 12.8 Å². The van der Waals surface area contributed by atoms with Gasteiger partial charge in [-0.05, 0) is 56.1 Å². The van der Waals surface area contributed by atoms with Gasteiger partial charge in [-0.1, -0.05) is 25.5 Å². The van der Waals surface area contributed by atoms with Crippen LogP contribution in [0.2, 0.25) is 0 Å². The van der Waals surface area contributed by atoms with Crippen LogP contribution >= 0.6 is 0 Å². The van der Waals surface area contributed by atoms with Gasteiger partial charge in [-0.2, -0.15) is 0 Å². The monoisotopic (exact) mass is 388 g/mol. The van der Waals surface area contributed by atoms with Crippen LogP contribution in [0.4, 0.5) is 0 Å². The van der Waals surface area contributed by atoms with Gasteiger partial charge in [0.05, 0.1) is 6.10 Å². The van der Waals surface area contributed by atoms with Crippen molar-refractivity contribution in [2.45, 2.75) is 63.9 Å². The highest BCUT2D eigenvalue weighted by atomic mass is 16.7. The molecular weight excluding hydrogens is 360 g/mol. The quantitative estimate of drug-likeness (QED) is 0.658. The molecule has 5 aliphatic rings. The molecule has 28 heavy (non-hydrogen) atoms. The fourth-order valence-electron chi connectivity index (χ4n) is 7.50. The Balaban J connectivity index is 1.55. The number of carbonyl (C=O) groups excluding carboxylic acids is 2. The van der Waals surface area contributed by atoms with Gasteiger partial charge in [0.15, 0.2) is 12.6 Å². The standard InChI is InChI=1S/C22H28O6/c1-20-7-5-13(23)9-12(20)3-4-14-15-6-8-22(18(25)19(26)27-11-28-22)21(15,2)10-16(24)17(14)20/h5,7,9,14-17,19,24,26H,3-4,6,8,10-11H2,1-2H3/t14-,15-,16-,17+,19?,20-,21-,22-/m0/s1. The van der Waals surface area contributed by atoms with Crippen LogP contribution in [-0.2, 0) is 19.1 Å². The first-order valence-electron chi connectivity index (χ1n) is 10.3. The number of Topliss-reactive ketones (excluding diaryl/α,β-unsaturated/α-hetero) is 1. The molecule has 0 aromatic rings. The summed E-state index contributed by atoms with van der Waals surface area (Å²) in [6, 6.07) is 0. The molecule has 0 aromatic carbocycles. The molecule has 5 rings (SSSR count). The van der Waals surface area contributed by atoms with Gasteiger partial charge >= 0.3 is 0 Å². The predicted molar refractivity (Wildman–Crippen MR) is 98.8 cm³/mol. The Labute approximate surface area is 164 Å². The zero-order valence-corrected chi connectivity index (χ0v) is 16.4. The number of ether oxygens (including phenoxy) is 2. The maximum atomic E-state index is 13.0. The minimum atomic E-state index is -1.45. The van der Waals surface area contributed by atoms with Crippen molar-refractivity contribution in [3.8, 4) is 0 Å². The Morgan fingerprint density at radius 1 is 1.18 bits per heavy atom. The second-order valence-electron chi connectivity index (χ2n) is 9.72. The van der Waals surface area contributed by atoms with Gasteiger partial charge in [-0.3, -0.25) is 9.59 Å². The molecule has 4 aliphatic carbocycles. The summed E-state index contributed by atoms with van der Waals surface area (Å²) in [6.45, 7) is 4.08. The average molecular weight is 388 g/mol. The Bertz CT molecular complexity index is 801. The highest BCUT2D eigenvalue weighted by molar-refractivity contribution is 6.01. The summed E-state index contributed by atoms with van der Waals surface area (Å²) in [4.78, 5) is 24.9. The molecule has 1 spiro atoms. The molecule has 6 heteroatoms. The number of aliphatic hydroxyl groups is 2. The van der Waals surface area contributed by atoms with Crippen LogP contribution in [-0.4, -0.2) is 46.6 Å². The largest absolute Gasteiger partial charge is 0.393 e. The zero-order chi connectivity index (χ0) is 19.9. The molecule has 2 N–H and O–H groups in total. The Morgan fingerprint density at radius 3 is 2.75 bits per heavy atom. The lowest BCUT2D eigenvalue weighted by Gasteiger charge is -2.60. The molecular formula is C22H28O6. The van der Waals surface area contributed by atoms with Crippen molar-refractivity contribution in [3.63, 3.8) is 0 Å². The third-order valence-corrected chi connectivity index (χ3v) is 8.77. The number of hydrogen-bond acceptors (Lipinski definition) is 6. The van der Waals surface area contributed by atoms with E-state index in [1.807, 2.05) is 13.0 Å². The van der Waals surface area contributed by atoms with Crippen molar-refractivity contribution in [3.05, 3.63) is 23.8 Å². The number of aliphatic hydroxyl groups excluding tert-OH is 2. The van der Waals surface area contributed by atoms with Gasteiger partial charge in [0.2, 0.25) is 12.1 Å². The highest BCUT2D eigenvalue weighted by Gasteiger charge is 2.70. The van der Waals surface area contributed by atoms with Gasteiger partial charge < -0.3 is 19.7 Å². The van der Waals surface area contributed by atoms with Crippen LogP contribution in [0.15, 0.2) is 23.8 Å². The van der Waals surface area contributed by atoms with Crippen molar-refractivity contribution in [1.29, 1.82) is 0 Å². The first-order valence-corrected chi connectivity index (χ1v) is 10.3. The maximum absolute atomic E-state index is 13.0. The van der Waals surface area contributed by atoms with Crippen molar-refractivity contribution >= 4 is 11.6 Å². The second kappa shape index (κ2) is 5.85. The summed E-state index contributed by atoms with van der Waals surface area (Å²) in [7, 11) is 0. The number of hydrogen-bond donors (Lipinski definition) is 2. The summed E-state index contributed by atoms with van der Waals surface area (Å²) in [6.07, 6.45) is 6.86. The topological polar surface area (TPSA) is 93.1 Å². The molecule has 0 amide bonds. The number of allylic oxidation sites excluding steroid dienone is 4. The minimum Gasteiger partial charge on any atom is -0.393 e. The van der Waals surface area contributed by atoms with Crippen LogP contribution in [0.3, 0.4) is 0 Å². The van der Waals surface area contributed by atoms with E-state index in [4.69, 9.17) is 9.47 Å². The molecule has 4 fully saturated rings. The van der Waals surface area contributed by atoms with Crippen molar-refractivity contribution < 1.29 is 29.3 Å². The molecule has 1 saturated heterocycles. The molecule has 0 bridgehead atoms. The Morgan fingerprint density at radius 2 is 1.96 bits per heavy atom. The molecule has 3 saturated carbocycles. The SMILES string of the molecule is C[C@]12C=CC(=O)C=C1CC[C@@H]1[C@@H]2[C@@H](O)C[C@@]2(C)[C@H]1CC[C@@]21OCOC(O)C1=O. The zero-order valence-electron chi connectivity index (χ0n) is 16.4. The molecule has 0 aromatic heterocycles. The van der Waals surface area contributed by atoms with Crippen molar-refractivity contribution in [1.82, 2.24) is 0 Å². The minimum absolute atomic E-state index is 0.0185. The number of carbonyl (C=O) groups is 2. The third kappa shape index (κ3) is 2.12. The van der Waals surface area contributed by atoms with Crippen LogP contribution in [0.1, 0.15) is 46.0 Å². The highest BCUT2D eigenvalue weighted by Crippen LogP contribution is 2.68. The van der Waals surface area contributed by atoms with Crippen LogP contribution in [0.25, 0.3) is 0 Å². The summed E-state index contributed by atoms with van der Waals surface area (Å²) in [5, 5.41) is 21.4. The van der Waals surface area contributed by atoms with Gasteiger partial charge in [0.1, 0.15) is 5.60 Å². The second-order valence-corrected chi connectivity index (χ2v) is 9.72. The van der Waals surface area contributed by atoms with Gasteiger partial charge in [-0.25, -0.2) is 0 Å². The lowest BCUT2D eigenvalue weighted by Crippen LogP contribution is -2.65. The van der Waals surface area contributed by atoms with Gasteiger partial charge in [-0.15, -0.1) is 0 Å². The van der Waals surface area contributed by atoms with E-state index in [9.17, 15) is 19.8 Å². The molecule has 8 atom stereocenters. The predicted octanol–water partition coefficient (Wildman–Crippen LogP) is 1.90. The summed E-state index contributed by atoms with van der Waals surface area (Å²) in [5.74, 6) is 0.102. The fraction of sp³-hybridized carbons (Fsp3) is 0.727. The van der Waals surface area contributed by atoms with E-state index >= 15 is 0 Å². The maximum Gasteiger partial charge on any atom is 0.220 e. The van der Waals surface area contributed by atoms with E-state index in [0.717, 1.165) is 24.8 Å². The molecule has 1 heterocycles. The molecule has 0 radical (unpaired) electrons. The molecule has 6 nitrogen and oxygen atoms in total. The number of ketones is 2. The van der Waals surface area contributed by atoms with Crippen molar-refractivity contribution in [2.24, 2.45) is 28.6 Å². The lowest BCUT2D eigenvalue weighted by atomic mass is 9.46. The van der Waals surface area contributed by atoms with Gasteiger partial charge in [0, 0.05) is 16.7 Å². The van der Waals surface area contributed by atoms with Crippen molar-refractivity contribution in [2.75, 3.05) is 6.79 Å². The first-order chi connectivity index (χ1) is 13.2. The van der Waals surface area contributed by atoms with Crippen LogP contribution < -0.4 is 0 Å². The first kappa shape index (κ1) is 18.7. The Hall–Kier alpha value is -1.34. The van der Waals surface area contributed by atoms with Crippen LogP contribution in [0.5, 0.6) is 0 Å². The third-order valence-electron chi connectivity index (χ3n) is 8.77. The molecule has 152 valence electrons. The fourth-order valence-corrected chi connectivity index (χ4v) is 7.50. The normalized spacial score (nSPS) is 52.9. The van der Waals surface area contributed by atoms with E-state index < -0.39 is 29.2 Å². The summed E-state index contributed by atoms with van der Waals surface area (Å²) >= 11 is 0. The number of fused-ring (bicyclic) bond motifs is 6. The van der Waals surface area contributed by atoms with E-state index in [1.54, 1.807) is 12.2 Å². The molecule has 1 aliphatic heterocycles. The smallest absolute Gasteiger partial charge is 0.220 e. The Kier molecular flexibility index (Phi) is 3.90. The van der Waals surface area contributed by atoms with E-state index in [-0.39, 0.29) is 35.7 Å². The van der Waals surface area contributed by atoms with Crippen LogP contribution in [0, 0.1) is 28.6 Å². The molecule has 1 unspecified atom stereocenters. The average Bonchev–Trinajstić information content (AvgIpc) is 2.92. The van der Waals surface area contributed by atoms with E-state index in [2.05, 4.69) is 6.92 Å². The summed E-state index contributed by atoms with van der Waals surface area (Å²) < 4.78 is 10.9. The lowest BCUT2D eigenvalue weighted by molar-refractivity contribution is -0.279. The van der Waals surface area contributed by atoms with Gasteiger partial charge in [0.25, 0.3) is 0 Å². The number of rotatable bonds is 0. The van der Waals surface area contributed by atoms with E-state index in [1.165, 1.54) is 0 Å². The summed E-state index contributed by atoms with van der Waals surface area (Å²) in [5.41, 5.74) is -0.837.